The molecule has 0 aliphatic heterocycles. The van der Waals surface area contributed by atoms with Gasteiger partial charge in [0.1, 0.15) is 5.75 Å². The van der Waals surface area contributed by atoms with E-state index in [1.54, 1.807) is 67.8 Å². The third kappa shape index (κ3) is 7.18. The van der Waals surface area contributed by atoms with Crippen molar-refractivity contribution in [1.29, 1.82) is 0 Å². The lowest BCUT2D eigenvalue weighted by molar-refractivity contribution is -0.111. The number of nitrogen functional groups attached to an aromatic ring is 1. The predicted molar refractivity (Wildman–Crippen MR) is 158 cm³/mol. The summed E-state index contributed by atoms with van der Waals surface area (Å²) < 4.78 is 11.8. The second-order valence-electron chi connectivity index (χ2n) is 9.37. The lowest BCUT2D eigenvalue weighted by Crippen LogP contribution is -2.28. The van der Waals surface area contributed by atoms with Gasteiger partial charge in [-0.05, 0) is 61.6 Å². The summed E-state index contributed by atoms with van der Waals surface area (Å²) >= 11 is 0. The number of ether oxygens (including phenoxy) is 2. The monoisotopic (exact) mass is 539 g/mol. The fraction of sp³-hybridized carbons (Fsp3) is 0.188. The summed E-state index contributed by atoms with van der Waals surface area (Å²) in [7, 11) is 1.55. The second kappa shape index (κ2) is 13.3. The van der Waals surface area contributed by atoms with Crippen LogP contribution in [-0.4, -0.2) is 30.3 Å². The zero-order valence-corrected chi connectivity index (χ0v) is 22.5. The Balaban J connectivity index is 1.52. The molecule has 4 rings (SSSR count). The highest BCUT2D eigenvalue weighted by atomic mass is 16.6. The molecule has 4 aromatic rings. The fourth-order valence-corrected chi connectivity index (χ4v) is 4.42. The van der Waals surface area contributed by atoms with Crippen LogP contribution in [0, 0.1) is 6.92 Å². The molecule has 0 spiro atoms. The Morgan fingerprint density at radius 3 is 2.35 bits per heavy atom. The molecule has 0 saturated carbocycles. The van der Waals surface area contributed by atoms with Gasteiger partial charge in [-0.2, -0.15) is 0 Å². The van der Waals surface area contributed by atoms with Crippen molar-refractivity contribution in [3.05, 3.63) is 108 Å². The van der Waals surface area contributed by atoms with E-state index in [0.29, 0.717) is 40.9 Å². The highest BCUT2D eigenvalue weighted by Gasteiger charge is 2.29. The van der Waals surface area contributed by atoms with Gasteiger partial charge in [-0.1, -0.05) is 66.2 Å². The minimum absolute atomic E-state index is 0.129. The van der Waals surface area contributed by atoms with E-state index in [9.17, 15) is 14.7 Å². The number of nitrogens with one attached hydrogen (secondary N) is 2. The molecule has 0 radical (unpaired) electrons. The van der Waals surface area contributed by atoms with Gasteiger partial charge in [0.15, 0.2) is 6.10 Å². The number of nitrogens with two attached hydrogens (primary N) is 1. The number of benzene rings is 4. The van der Waals surface area contributed by atoms with Crippen LogP contribution >= 0.6 is 0 Å². The SMILES string of the molecule is CO[C@H](CC/C=C/C(=O)Nc1ccccc1N)[C@H](OC(=O)Nc1ccc(C)cc1)c1ccc(O)c2ccccc12. The van der Waals surface area contributed by atoms with E-state index >= 15 is 0 Å². The quantitative estimate of drug-likeness (QED) is 0.131. The van der Waals surface area contributed by atoms with Gasteiger partial charge in [-0.15, -0.1) is 0 Å². The number of phenolic OH excluding ortho intramolecular Hbond substituents is 1. The van der Waals surface area contributed by atoms with E-state index in [1.807, 2.05) is 37.3 Å². The minimum Gasteiger partial charge on any atom is -0.507 e. The first-order chi connectivity index (χ1) is 19.4. The second-order valence-corrected chi connectivity index (χ2v) is 9.37. The van der Waals surface area contributed by atoms with Crippen molar-refractivity contribution in [2.45, 2.75) is 32.0 Å². The van der Waals surface area contributed by atoms with Crippen LogP contribution in [0.1, 0.15) is 30.1 Å². The highest BCUT2D eigenvalue weighted by molar-refractivity contribution is 6.01. The lowest BCUT2D eigenvalue weighted by atomic mass is 9.94. The maximum atomic E-state index is 13.0. The van der Waals surface area contributed by atoms with Gasteiger partial charge in [0, 0.05) is 23.7 Å². The van der Waals surface area contributed by atoms with Gasteiger partial charge in [-0.25, -0.2) is 4.79 Å². The third-order valence-corrected chi connectivity index (χ3v) is 6.52. The number of aromatic hydroxyl groups is 1. The summed E-state index contributed by atoms with van der Waals surface area (Å²) in [5, 5.41) is 17.3. The Labute approximate surface area is 233 Å². The van der Waals surface area contributed by atoms with Crippen LogP contribution in [0.5, 0.6) is 5.75 Å². The van der Waals surface area contributed by atoms with E-state index in [4.69, 9.17) is 15.2 Å². The normalized spacial score (nSPS) is 12.7. The molecule has 4 aromatic carbocycles. The summed E-state index contributed by atoms with van der Waals surface area (Å²) in [6.07, 6.45) is 2.12. The van der Waals surface area contributed by atoms with E-state index in [1.165, 1.54) is 6.08 Å². The number of anilines is 3. The van der Waals surface area contributed by atoms with Crippen LogP contribution in [0.3, 0.4) is 0 Å². The summed E-state index contributed by atoms with van der Waals surface area (Å²) in [5.41, 5.74) is 9.29. The van der Waals surface area contributed by atoms with Crippen LogP contribution in [0.2, 0.25) is 0 Å². The molecule has 2 atom stereocenters. The number of carbonyl (C=O) groups is 2. The van der Waals surface area contributed by atoms with Gasteiger partial charge in [0.2, 0.25) is 5.91 Å². The van der Waals surface area contributed by atoms with Crippen LogP contribution in [0.4, 0.5) is 21.9 Å². The first-order valence-corrected chi connectivity index (χ1v) is 13.0. The predicted octanol–water partition coefficient (Wildman–Crippen LogP) is 6.72. The molecule has 0 aliphatic rings. The van der Waals surface area contributed by atoms with Gasteiger partial charge in [0.05, 0.1) is 17.5 Å². The molecule has 8 nitrogen and oxygen atoms in total. The average Bonchev–Trinajstić information content (AvgIpc) is 2.95. The van der Waals surface area contributed by atoms with Gasteiger partial charge >= 0.3 is 6.09 Å². The zero-order chi connectivity index (χ0) is 28.5. The first-order valence-electron chi connectivity index (χ1n) is 13.0. The van der Waals surface area contributed by atoms with E-state index in [-0.39, 0.29) is 11.7 Å². The van der Waals surface area contributed by atoms with Crippen molar-refractivity contribution in [1.82, 2.24) is 0 Å². The summed E-state index contributed by atoms with van der Waals surface area (Å²) in [6, 6.07) is 25.1. The Bertz CT molecular complexity index is 1500. The van der Waals surface area contributed by atoms with Gasteiger partial charge in [-0.3, -0.25) is 10.1 Å². The highest BCUT2D eigenvalue weighted by Crippen LogP contribution is 2.36. The maximum Gasteiger partial charge on any atom is 0.412 e. The molecular formula is C32H33N3O5. The Morgan fingerprint density at radius 2 is 1.62 bits per heavy atom. The van der Waals surface area contributed by atoms with Gasteiger partial charge in [0.25, 0.3) is 0 Å². The number of fused-ring (bicyclic) bond motifs is 1. The third-order valence-electron chi connectivity index (χ3n) is 6.52. The lowest BCUT2D eigenvalue weighted by Gasteiger charge is -2.27. The number of amides is 2. The molecule has 0 aliphatic carbocycles. The van der Waals surface area contributed by atoms with E-state index in [2.05, 4.69) is 10.6 Å². The number of hydrogen-bond donors (Lipinski definition) is 4. The van der Waals surface area contributed by atoms with E-state index in [0.717, 1.165) is 10.9 Å². The molecule has 0 saturated heterocycles. The molecule has 0 bridgehead atoms. The Morgan fingerprint density at radius 1 is 0.925 bits per heavy atom. The summed E-state index contributed by atoms with van der Waals surface area (Å²) in [5.74, 6) is -0.175. The van der Waals surface area contributed by atoms with Crippen LogP contribution in [0.15, 0.2) is 97.1 Å². The smallest absolute Gasteiger partial charge is 0.412 e. The van der Waals surface area contributed by atoms with Crippen molar-refractivity contribution in [2.75, 3.05) is 23.5 Å². The molecular weight excluding hydrogens is 506 g/mol. The number of rotatable bonds is 10. The van der Waals surface area contributed by atoms with Crippen LogP contribution in [-0.2, 0) is 14.3 Å². The molecule has 40 heavy (non-hydrogen) atoms. The molecule has 2 amide bonds. The fourth-order valence-electron chi connectivity index (χ4n) is 4.42. The largest absolute Gasteiger partial charge is 0.507 e. The first kappa shape index (κ1) is 28.2. The van der Waals surface area contributed by atoms with Crippen LogP contribution in [0.25, 0.3) is 10.8 Å². The number of allylic oxidation sites excluding steroid dienone is 1. The van der Waals surface area contributed by atoms with Crippen LogP contribution < -0.4 is 16.4 Å². The Kier molecular flexibility index (Phi) is 9.38. The number of para-hydroxylation sites is 2. The number of carbonyl (C=O) groups excluding carboxylic acids is 2. The van der Waals surface area contributed by atoms with Crippen molar-refractivity contribution >= 4 is 39.8 Å². The maximum absolute atomic E-state index is 13.0. The molecule has 0 heterocycles. The van der Waals surface area contributed by atoms with Crippen molar-refractivity contribution in [2.24, 2.45) is 0 Å². The minimum atomic E-state index is -0.799. The Hall–Kier alpha value is -4.82. The van der Waals surface area contributed by atoms with Gasteiger partial charge < -0.3 is 25.6 Å². The molecule has 5 N–H and O–H groups in total. The molecule has 0 unspecified atom stereocenters. The van der Waals surface area contributed by atoms with E-state index < -0.39 is 18.3 Å². The van der Waals surface area contributed by atoms with Crippen molar-refractivity contribution in [3.8, 4) is 5.75 Å². The van der Waals surface area contributed by atoms with Crippen molar-refractivity contribution < 1.29 is 24.2 Å². The number of methoxy groups -OCH3 is 1. The topological polar surface area (TPSA) is 123 Å². The molecule has 0 aromatic heterocycles. The average molecular weight is 540 g/mol. The standard InChI is InChI=1S/C32H33N3O5/c1-21-15-17-22(18-16-21)34-32(38)40-31(25-19-20-28(36)24-10-4-3-9-23(24)25)29(39-2)13-7-8-14-30(37)35-27-12-6-5-11-26(27)33/h3-6,8-12,14-20,29,31,36H,7,13,33H2,1-2H3,(H,34,38)(H,35,37)/b14-8+/t29-,31-/m1/s1. The number of hydrogen-bond acceptors (Lipinski definition) is 6. The van der Waals surface area contributed by atoms with Crippen molar-refractivity contribution in [3.63, 3.8) is 0 Å². The summed E-state index contributed by atoms with van der Waals surface area (Å²) in [6.45, 7) is 1.96. The summed E-state index contributed by atoms with van der Waals surface area (Å²) in [4.78, 5) is 25.4. The molecule has 0 fully saturated rings. The molecule has 206 valence electrons. The number of aryl methyl sites for hydroxylation is 1. The zero-order valence-electron chi connectivity index (χ0n) is 22.5. The molecule has 8 heteroatoms. The number of phenols is 1.